The summed E-state index contributed by atoms with van der Waals surface area (Å²) in [5.74, 6) is -0.500. The van der Waals surface area contributed by atoms with Gasteiger partial charge in [0, 0.05) is 55.7 Å². The zero-order chi connectivity index (χ0) is 29.3. The van der Waals surface area contributed by atoms with Crippen molar-refractivity contribution in [1.82, 2.24) is 34.0 Å². The molecule has 1 saturated carbocycles. The number of piperazine rings is 1. The molecule has 9 nitrogen and oxygen atoms in total. The lowest BCUT2D eigenvalue weighted by Gasteiger charge is -2.52. The lowest BCUT2D eigenvalue weighted by atomic mass is 9.73. The van der Waals surface area contributed by atoms with Crippen LogP contribution in [0.1, 0.15) is 62.5 Å². The van der Waals surface area contributed by atoms with Gasteiger partial charge >= 0.3 is 0 Å². The molecule has 1 unspecified atom stereocenters. The molecule has 0 amide bonds. The maximum atomic E-state index is 14.2. The number of aryl methyl sites for hydroxylation is 2. The number of rotatable bonds is 6. The highest BCUT2D eigenvalue weighted by Crippen LogP contribution is 2.51. The van der Waals surface area contributed by atoms with E-state index in [0.717, 1.165) is 53.4 Å². The molecule has 7 rings (SSSR count). The summed E-state index contributed by atoms with van der Waals surface area (Å²) in [5, 5.41) is 9.17. The van der Waals surface area contributed by atoms with E-state index in [1.165, 1.54) is 0 Å². The Balaban J connectivity index is 1.24. The van der Waals surface area contributed by atoms with Crippen molar-refractivity contribution in [1.29, 1.82) is 0 Å². The fourth-order valence-electron chi connectivity index (χ4n) is 7.31. The van der Waals surface area contributed by atoms with Crippen molar-refractivity contribution in [2.45, 2.75) is 90.1 Å². The maximum Gasteiger partial charge on any atom is 0.258 e. The summed E-state index contributed by atoms with van der Waals surface area (Å²) in [4.78, 5) is 14.7. The third-order valence-electron chi connectivity index (χ3n) is 9.47. The van der Waals surface area contributed by atoms with Crippen LogP contribution in [0.4, 0.5) is 14.6 Å². The van der Waals surface area contributed by atoms with Gasteiger partial charge in [-0.1, -0.05) is 23.7 Å². The summed E-state index contributed by atoms with van der Waals surface area (Å²) in [6.07, 6.45) is 3.76. The Kier molecular flexibility index (Phi) is 6.90. The van der Waals surface area contributed by atoms with Gasteiger partial charge in [0.1, 0.15) is 17.7 Å². The van der Waals surface area contributed by atoms with Crippen LogP contribution < -0.4 is 4.90 Å². The van der Waals surface area contributed by atoms with Crippen molar-refractivity contribution in [2.24, 2.45) is 5.92 Å². The number of aromatic nitrogens is 6. The van der Waals surface area contributed by atoms with Crippen molar-refractivity contribution in [3.63, 3.8) is 0 Å². The normalized spacial score (nSPS) is 25.9. The van der Waals surface area contributed by atoms with Gasteiger partial charge in [0.05, 0.1) is 12.6 Å². The SMILES string of the molecule is Cc1cc(C(C2CC(F)(F)C2)N2C[C@H](C)N(c3nc4nncn4c4c3nc(C)n4C[C@@H]3CCCO3)C[C@H]2C)ccc1Cl. The molecule has 1 aliphatic carbocycles. The maximum absolute atomic E-state index is 14.2. The minimum atomic E-state index is -2.59. The van der Waals surface area contributed by atoms with Crippen LogP contribution in [-0.4, -0.2) is 77.8 Å². The Morgan fingerprint density at radius 1 is 1.12 bits per heavy atom. The number of fused-ring (bicyclic) bond motifs is 3. The van der Waals surface area contributed by atoms with E-state index in [0.29, 0.717) is 30.4 Å². The van der Waals surface area contributed by atoms with Gasteiger partial charge in [0.25, 0.3) is 5.78 Å². The summed E-state index contributed by atoms with van der Waals surface area (Å²) in [7, 11) is 0. The minimum absolute atomic E-state index is 0.0578. The number of alkyl halides is 2. The third-order valence-corrected chi connectivity index (χ3v) is 9.90. The number of anilines is 1. The molecular weight excluding hydrogens is 562 g/mol. The molecule has 3 aromatic heterocycles. The standard InChI is InChI=1S/C30H37ClF2N8O/c1-17-10-21(7-8-24(17)31)26(22-11-30(32,33)12-22)38-13-19(3)39(14-18(38)2)27-25-28(41-16-34-37-29(41)36-27)40(20(4)35-25)15-23-6-5-9-42-23/h7-8,10,16,18-19,22-23,26H,5-6,9,11-15H2,1-4H3/t18-,19+,23+,26?/m1/s1. The van der Waals surface area contributed by atoms with Crippen molar-refractivity contribution < 1.29 is 13.5 Å². The second-order valence-corrected chi connectivity index (χ2v) is 12.9. The fraction of sp³-hybridized carbons (Fsp3) is 0.600. The van der Waals surface area contributed by atoms with Gasteiger partial charge < -0.3 is 14.2 Å². The van der Waals surface area contributed by atoms with Crippen molar-refractivity contribution in [2.75, 3.05) is 24.6 Å². The number of imidazole rings is 1. The molecule has 5 heterocycles. The van der Waals surface area contributed by atoms with Gasteiger partial charge in [-0.3, -0.25) is 4.90 Å². The molecule has 2 saturated heterocycles. The highest BCUT2D eigenvalue weighted by atomic mass is 35.5. The number of hydrogen-bond donors (Lipinski definition) is 0. The first kappa shape index (κ1) is 27.9. The number of hydrogen-bond acceptors (Lipinski definition) is 7. The first-order chi connectivity index (χ1) is 20.1. The molecule has 224 valence electrons. The molecule has 0 spiro atoms. The van der Waals surface area contributed by atoms with Crippen LogP contribution in [0, 0.1) is 19.8 Å². The Morgan fingerprint density at radius 2 is 1.93 bits per heavy atom. The van der Waals surface area contributed by atoms with Crippen molar-refractivity contribution >= 4 is 34.4 Å². The molecule has 3 fully saturated rings. The molecule has 0 radical (unpaired) electrons. The molecule has 42 heavy (non-hydrogen) atoms. The fourth-order valence-corrected chi connectivity index (χ4v) is 7.43. The van der Waals surface area contributed by atoms with Crippen LogP contribution in [-0.2, 0) is 11.3 Å². The van der Waals surface area contributed by atoms with Gasteiger partial charge in [-0.15, -0.1) is 10.2 Å². The minimum Gasteiger partial charge on any atom is -0.376 e. The highest BCUT2D eigenvalue weighted by molar-refractivity contribution is 6.31. The van der Waals surface area contributed by atoms with Crippen molar-refractivity contribution in [3.8, 4) is 0 Å². The lowest BCUT2D eigenvalue weighted by molar-refractivity contribution is -0.137. The number of nitrogens with zero attached hydrogens (tertiary/aromatic N) is 8. The predicted molar refractivity (Wildman–Crippen MR) is 157 cm³/mol. The summed E-state index contributed by atoms with van der Waals surface area (Å²) >= 11 is 6.35. The van der Waals surface area contributed by atoms with Gasteiger partial charge in [0.15, 0.2) is 11.5 Å². The van der Waals surface area contributed by atoms with E-state index in [1.807, 2.05) is 30.4 Å². The Morgan fingerprint density at radius 3 is 2.64 bits per heavy atom. The summed E-state index contributed by atoms with van der Waals surface area (Å²) in [6.45, 7) is 11.2. The van der Waals surface area contributed by atoms with Crippen LogP contribution >= 0.6 is 11.6 Å². The first-order valence-electron chi connectivity index (χ1n) is 14.9. The average Bonchev–Trinajstić information content (AvgIpc) is 3.68. The quantitative estimate of drug-likeness (QED) is 0.286. The molecule has 2 aliphatic heterocycles. The van der Waals surface area contributed by atoms with Gasteiger partial charge in [0.2, 0.25) is 5.92 Å². The van der Waals surface area contributed by atoms with E-state index < -0.39 is 5.92 Å². The zero-order valence-corrected chi connectivity index (χ0v) is 25.2. The Hall–Kier alpha value is -2.89. The third kappa shape index (κ3) is 4.73. The van der Waals surface area contributed by atoms with Gasteiger partial charge in [-0.05, 0) is 63.6 Å². The predicted octanol–water partition coefficient (Wildman–Crippen LogP) is 5.61. The smallest absolute Gasteiger partial charge is 0.258 e. The largest absolute Gasteiger partial charge is 0.376 e. The Labute approximate surface area is 248 Å². The topological polar surface area (TPSA) is 76.6 Å². The molecule has 4 atom stereocenters. The first-order valence-corrected chi connectivity index (χ1v) is 15.3. The van der Waals surface area contributed by atoms with Crippen LogP contribution in [0.25, 0.3) is 16.9 Å². The van der Waals surface area contributed by atoms with E-state index in [-0.39, 0.29) is 43.0 Å². The monoisotopic (exact) mass is 598 g/mol. The number of benzene rings is 1. The van der Waals surface area contributed by atoms with Crippen LogP contribution in [0.5, 0.6) is 0 Å². The Bertz CT molecular complexity index is 1620. The van der Waals surface area contributed by atoms with Crippen LogP contribution in [0.2, 0.25) is 5.02 Å². The second-order valence-electron chi connectivity index (χ2n) is 12.5. The van der Waals surface area contributed by atoms with Crippen molar-refractivity contribution in [3.05, 3.63) is 46.5 Å². The molecule has 1 aromatic carbocycles. The molecule has 4 aromatic rings. The number of ether oxygens (including phenoxy) is 1. The number of halogens is 3. The average molecular weight is 599 g/mol. The second kappa shape index (κ2) is 10.4. The summed E-state index contributed by atoms with van der Waals surface area (Å²) in [5.41, 5.74) is 3.75. The van der Waals surface area contributed by atoms with E-state index in [2.05, 4.69) is 44.5 Å². The highest BCUT2D eigenvalue weighted by Gasteiger charge is 2.51. The van der Waals surface area contributed by atoms with E-state index in [9.17, 15) is 8.78 Å². The van der Waals surface area contributed by atoms with Gasteiger partial charge in [-0.25, -0.2) is 18.2 Å². The van der Waals surface area contributed by atoms with Crippen LogP contribution in [0.3, 0.4) is 0 Å². The molecule has 0 bridgehead atoms. The molecule has 3 aliphatic rings. The summed E-state index contributed by atoms with van der Waals surface area (Å²) < 4.78 is 38.4. The molecule has 12 heteroatoms. The van der Waals surface area contributed by atoms with E-state index in [4.69, 9.17) is 26.3 Å². The van der Waals surface area contributed by atoms with E-state index in [1.54, 1.807) is 6.33 Å². The molecular formula is C30H37ClF2N8O. The molecule has 0 N–H and O–H groups in total. The lowest BCUT2D eigenvalue weighted by Crippen LogP contribution is -2.59. The zero-order valence-electron chi connectivity index (χ0n) is 24.5. The van der Waals surface area contributed by atoms with Gasteiger partial charge in [-0.2, -0.15) is 4.98 Å². The van der Waals surface area contributed by atoms with E-state index >= 15 is 0 Å². The summed E-state index contributed by atoms with van der Waals surface area (Å²) in [6, 6.07) is 6.00. The van der Waals surface area contributed by atoms with Crippen LogP contribution in [0.15, 0.2) is 24.5 Å².